The van der Waals surface area contributed by atoms with E-state index in [1.54, 1.807) is 13.1 Å². The first-order valence-electron chi connectivity index (χ1n) is 5.68. The van der Waals surface area contributed by atoms with Crippen molar-refractivity contribution < 1.29 is 9.18 Å². The van der Waals surface area contributed by atoms with E-state index in [0.717, 1.165) is 0 Å². The fraction of sp³-hybridized carbons (Fsp3) is 0.143. The van der Waals surface area contributed by atoms with Crippen molar-refractivity contribution in [1.29, 1.82) is 0 Å². The van der Waals surface area contributed by atoms with Gasteiger partial charge in [0.1, 0.15) is 5.82 Å². The third kappa shape index (κ3) is 2.92. The zero-order valence-corrected chi connectivity index (χ0v) is 12.0. The van der Waals surface area contributed by atoms with Crippen LogP contribution in [0.5, 0.6) is 0 Å². The molecular formula is C14H10Cl2FNO2. The number of aryl methyl sites for hydroxylation is 1. The Bertz CT molecular complexity index is 725. The van der Waals surface area contributed by atoms with E-state index < -0.39 is 21.9 Å². The molecule has 1 aromatic heterocycles. The molecule has 3 nitrogen and oxygen atoms in total. The highest BCUT2D eigenvalue weighted by atomic mass is 35.5. The van der Waals surface area contributed by atoms with Gasteiger partial charge < -0.3 is 4.57 Å². The number of hydrogen-bond acceptors (Lipinski definition) is 2. The van der Waals surface area contributed by atoms with E-state index in [9.17, 15) is 14.0 Å². The van der Waals surface area contributed by atoms with Gasteiger partial charge in [0.2, 0.25) is 5.78 Å². The molecule has 0 aliphatic carbocycles. The van der Waals surface area contributed by atoms with Gasteiger partial charge in [-0.15, -0.1) is 0 Å². The summed E-state index contributed by atoms with van der Waals surface area (Å²) in [7, 11) is 1.65. The number of Topliss-reactive ketones (excluding diaryl/α,β-unsaturated/α-hetero) is 1. The number of carbonyl (C=O) groups is 1. The molecule has 0 amide bonds. The topological polar surface area (TPSA) is 39.1 Å². The number of benzene rings is 1. The van der Waals surface area contributed by atoms with Crippen molar-refractivity contribution in [1.82, 2.24) is 4.57 Å². The van der Waals surface area contributed by atoms with E-state index in [2.05, 4.69) is 0 Å². The van der Waals surface area contributed by atoms with Crippen LogP contribution in [0.15, 0.2) is 41.5 Å². The number of aromatic nitrogens is 1. The summed E-state index contributed by atoms with van der Waals surface area (Å²) >= 11 is 11.0. The van der Waals surface area contributed by atoms with E-state index in [0.29, 0.717) is 5.56 Å². The van der Waals surface area contributed by atoms with Crippen LogP contribution in [0.2, 0.25) is 0 Å². The maximum absolute atomic E-state index is 13.3. The Kier molecular flexibility index (Phi) is 4.26. The molecule has 0 spiro atoms. The number of hydrogen-bond donors (Lipinski definition) is 0. The number of pyridine rings is 1. The molecule has 0 aliphatic rings. The maximum Gasteiger partial charge on any atom is 0.201 e. The van der Waals surface area contributed by atoms with Crippen LogP contribution in [-0.2, 0) is 7.05 Å². The number of ketones is 1. The van der Waals surface area contributed by atoms with Crippen LogP contribution in [-0.4, -0.2) is 15.2 Å². The van der Waals surface area contributed by atoms with Gasteiger partial charge in [0.15, 0.2) is 10.3 Å². The van der Waals surface area contributed by atoms with Crippen LogP contribution in [0.25, 0.3) is 11.1 Å². The van der Waals surface area contributed by atoms with E-state index in [1.807, 2.05) is 0 Å². The third-order valence-electron chi connectivity index (χ3n) is 2.75. The van der Waals surface area contributed by atoms with Gasteiger partial charge in [-0.05, 0) is 17.7 Å². The first-order valence-corrected chi connectivity index (χ1v) is 6.56. The predicted molar refractivity (Wildman–Crippen MR) is 76.9 cm³/mol. The molecule has 0 fully saturated rings. The lowest BCUT2D eigenvalue weighted by atomic mass is 10.0. The zero-order chi connectivity index (χ0) is 14.9. The van der Waals surface area contributed by atoms with E-state index in [1.165, 1.54) is 35.2 Å². The average molecular weight is 314 g/mol. The van der Waals surface area contributed by atoms with Crippen molar-refractivity contribution in [2.24, 2.45) is 7.05 Å². The Morgan fingerprint density at radius 2 is 2.00 bits per heavy atom. The zero-order valence-electron chi connectivity index (χ0n) is 10.4. The Balaban J connectivity index is 2.67. The molecule has 1 heterocycles. The second-order valence-electron chi connectivity index (χ2n) is 4.26. The van der Waals surface area contributed by atoms with Gasteiger partial charge in [-0.1, -0.05) is 35.3 Å². The van der Waals surface area contributed by atoms with Crippen LogP contribution in [0.1, 0.15) is 10.4 Å². The molecule has 0 saturated carbocycles. The van der Waals surface area contributed by atoms with Crippen molar-refractivity contribution in [3.63, 3.8) is 0 Å². The highest BCUT2D eigenvalue weighted by molar-refractivity contribution is 6.55. The Morgan fingerprint density at radius 1 is 1.30 bits per heavy atom. The summed E-state index contributed by atoms with van der Waals surface area (Å²) in [5, 5.41) is 0. The summed E-state index contributed by atoms with van der Waals surface area (Å²) in [4.78, 5) is 22.8. The summed E-state index contributed by atoms with van der Waals surface area (Å²) in [6.45, 7) is 0. The molecule has 20 heavy (non-hydrogen) atoms. The number of alkyl halides is 2. The average Bonchev–Trinajstić information content (AvgIpc) is 2.40. The van der Waals surface area contributed by atoms with Gasteiger partial charge in [0.25, 0.3) is 0 Å². The minimum Gasteiger partial charge on any atom is -0.356 e. The third-order valence-corrected chi connectivity index (χ3v) is 3.15. The molecule has 0 atom stereocenters. The summed E-state index contributed by atoms with van der Waals surface area (Å²) in [6, 6.07) is 5.58. The van der Waals surface area contributed by atoms with Crippen molar-refractivity contribution in [3.8, 4) is 11.1 Å². The second kappa shape index (κ2) is 5.77. The normalized spacial score (nSPS) is 10.8. The first kappa shape index (κ1) is 14.8. The van der Waals surface area contributed by atoms with Gasteiger partial charge in [0.05, 0.1) is 5.56 Å². The van der Waals surface area contributed by atoms with Gasteiger partial charge in [-0.3, -0.25) is 9.59 Å². The molecule has 0 aliphatic heterocycles. The van der Waals surface area contributed by atoms with E-state index >= 15 is 0 Å². The molecule has 2 aromatic rings. The van der Waals surface area contributed by atoms with Crippen molar-refractivity contribution in [3.05, 3.63) is 58.3 Å². The quantitative estimate of drug-likeness (QED) is 0.645. The molecule has 2 rings (SSSR count). The van der Waals surface area contributed by atoms with E-state index in [-0.39, 0.29) is 11.1 Å². The van der Waals surface area contributed by atoms with Crippen LogP contribution in [0.3, 0.4) is 0 Å². The van der Waals surface area contributed by atoms with Gasteiger partial charge in [0, 0.05) is 25.0 Å². The van der Waals surface area contributed by atoms with Crippen molar-refractivity contribution >= 4 is 29.0 Å². The highest BCUT2D eigenvalue weighted by Gasteiger charge is 2.20. The van der Waals surface area contributed by atoms with Crippen molar-refractivity contribution in [2.75, 3.05) is 0 Å². The molecule has 0 radical (unpaired) electrons. The lowest BCUT2D eigenvalue weighted by Gasteiger charge is -2.08. The number of rotatable bonds is 3. The standard InChI is InChI=1S/C14H10Cl2FNO2/c1-18-6-10(8-3-2-4-9(17)5-8)12(19)11(7-18)13(20)14(15)16/h2-7,14H,1H3. The summed E-state index contributed by atoms with van der Waals surface area (Å²) < 4.78 is 14.8. The molecule has 0 saturated heterocycles. The molecule has 0 unspecified atom stereocenters. The second-order valence-corrected chi connectivity index (χ2v) is 5.35. The fourth-order valence-electron chi connectivity index (χ4n) is 1.86. The first-order chi connectivity index (χ1) is 9.40. The van der Waals surface area contributed by atoms with Crippen LogP contribution >= 0.6 is 23.2 Å². The summed E-state index contributed by atoms with van der Waals surface area (Å²) in [5.41, 5.74) is -0.0398. The van der Waals surface area contributed by atoms with Gasteiger partial charge in [-0.25, -0.2) is 4.39 Å². The molecule has 1 aromatic carbocycles. The number of halogens is 3. The SMILES string of the molecule is Cn1cc(C(=O)C(Cl)Cl)c(=O)c(-c2cccc(F)c2)c1. The molecule has 0 N–H and O–H groups in total. The smallest absolute Gasteiger partial charge is 0.201 e. The summed E-state index contributed by atoms with van der Waals surface area (Å²) in [6.07, 6.45) is 2.87. The fourth-order valence-corrected chi connectivity index (χ4v) is 2.10. The molecule has 0 bridgehead atoms. The number of nitrogens with zero attached hydrogens (tertiary/aromatic N) is 1. The van der Waals surface area contributed by atoms with Gasteiger partial charge in [-0.2, -0.15) is 0 Å². The molecule has 104 valence electrons. The Hall–Kier alpha value is -1.65. The lowest BCUT2D eigenvalue weighted by Crippen LogP contribution is -2.22. The highest BCUT2D eigenvalue weighted by Crippen LogP contribution is 2.18. The maximum atomic E-state index is 13.3. The van der Waals surface area contributed by atoms with Crippen LogP contribution in [0, 0.1) is 5.82 Å². The lowest BCUT2D eigenvalue weighted by molar-refractivity contribution is 0.100. The van der Waals surface area contributed by atoms with Crippen LogP contribution in [0.4, 0.5) is 4.39 Å². The summed E-state index contributed by atoms with van der Waals surface area (Å²) in [5.74, 6) is -1.14. The largest absolute Gasteiger partial charge is 0.356 e. The Labute approximate surface area is 124 Å². The number of carbonyl (C=O) groups excluding carboxylic acids is 1. The van der Waals surface area contributed by atoms with Crippen molar-refractivity contribution in [2.45, 2.75) is 4.84 Å². The monoisotopic (exact) mass is 313 g/mol. The van der Waals surface area contributed by atoms with E-state index in [4.69, 9.17) is 23.2 Å². The molecule has 6 heteroatoms. The van der Waals surface area contributed by atoms with Gasteiger partial charge >= 0.3 is 0 Å². The minimum absolute atomic E-state index is 0.121. The Morgan fingerprint density at radius 3 is 2.60 bits per heavy atom. The van der Waals surface area contributed by atoms with Crippen LogP contribution < -0.4 is 5.43 Å². The predicted octanol–water partition coefficient (Wildman–Crippen LogP) is 3.18. The molecular weight excluding hydrogens is 304 g/mol. The minimum atomic E-state index is -1.31.